The number of hydrogen-bond acceptors (Lipinski definition) is 7. The Morgan fingerprint density at radius 2 is 1.96 bits per heavy atom. The molecule has 28 heavy (non-hydrogen) atoms. The summed E-state index contributed by atoms with van der Waals surface area (Å²) in [4.78, 5) is 7.76. The predicted octanol–water partition coefficient (Wildman–Crippen LogP) is 0.444. The topological polar surface area (TPSA) is 71.1 Å². The zero-order valence-electron chi connectivity index (χ0n) is 16.8. The first-order valence-electron chi connectivity index (χ1n) is 10.7. The van der Waals surface area contributed by atoms with E-state index in [1.165, 1.54) is 43.7 Å². The number of nitrogens with zero attached hydrogens (tertiary/aromatic N) is 9. The van der Waals surface area contributed by atoms with Crippen molar-refractivity contribution >= 4 is 0 Å². The Labute approximate surface area is 166 Å². The van der Waals surface area contributed by atoms with E-state index < -0.39 is 0 Å². The van der Waals surface area contributed by atoms with Gasteiger partial charge in [0.1, 0.15) is 6.33 Å². The standard InChI is InChI=1S/C19H31N9/c1-24-17-3-4-18(24)13-26(8-5-17)12-16-11-19-14-25(9-10-28(19)21-16)6-2-7-27-15-20-22-23-27/h11,15,17-18H,2-10,12-14H2,1H3/t17-,18+/m0/s1. The summed E-state index contributed by atoms with van der Waals surface area (Å²) < 4.78 is 4.03. The molecular formula is C19H31N9. The Morgan fingerprint density at radius 3 is 2.86 bits per heavy atom. The van der Waals surface area contributed by atoms with Crippen molar-refractivity contribution in [1.29, 1.82) is 0 Å². The Balaban J connectivity index is 1.14. The van der Waals surface area contributed by atoms with Crippen molar-refractivity contribution in [2.24, 2.45) is 0 Å². The first-order valence-corrected chi connectivity index (χ1v) is 10.7. The van der Waals surface area contributed by atoms with Gasteiger partial charge >= 0.3 is 0 Å². The lowest BCUT2D eigenvalue weighted by molar-refractivity contribution is 0.204. The first kappa shape index (κ1) is 18.2. The number of fused-ring (bicyclic) bond motifs is 3. The molecule has 2 aromatic heterocycles. The van der Waals surface area contributed by atoms with E-state index >= 15 is 0 Å². The van der Waals surface area contributed by atoms with E-state index in [1.54, 1.807) is 11.0 Å². The molecule has 2 aromatic rings. The van der Waals surface area contributed by atoms with Gasteiger partial charge in [0.25, 0.3) is 0 Å². The van der Waals surface area contributed by atoms with Crippen molar-refractivity contribution in [3.63, 3.8) is 0 Å². The Hall–Kier alpha value is -1.84. The van der Waals surface area contributed by atoms with Gasteiger partial charge in [0.15, 0.2) is 0 Å². The van der Waals surface area contributed by atoms with Crippen LogP contribution in [0.25, 0.3) is 0 Å². The molecule has 2 fully saturated rings. The van der Waals surface area contributed by atoms with Crippen LogP contribution in [0.2, 0.25) is 0 Å². The molecular weight excluding hydrogens is 354 g/mol. The van der Waals surface area contributed by atoms with Crippen molar-refractivity contribution in [3.05, 3.63) is 23.8 Å². The Morgan fingerprint density at radius 1 is 1.04 bits per heavy atom. The van der Waals surface area contributed by atoms with Crippen LogP contribution in [0.15, 0.2) is 12.4 Å². The summed E-state index contributed by atoms with van der Waals surface area (Å²) in [5.41, 5.74) is 2.60. The Bertz CT molecular complexity index is 770. The van der Waals surface area contributed by atoms with Gasteiger partial charge in [0.2, 0.25) is 0 Å². The Kier molecular flexibility index (Phi) is 5.13. The van der Waals surface area contributed by atoms with E-state index in [4.69, 9.17) is 5.10 Å². The first-order chi connectivity index (χ1) is 13.7. The zero-order chi connectivity index (χ0) is 18.9. The fraction of sp³-hybridized carbons (Fsp3) is 0.789. The third-order valence-electron chi connectivity index (χ3n) is 6.80. The smallest absolute Gasteiger partial charge is 0.138 e. The maximum Gasteiger partial charge on any atom is 0.138 e. The van der Waals surface area contributed by atoms with Gasteiger partial charge in [-0.2, -0.15) is 5.10 Å². The van der Waals surface area contributed by atoms with Gasteiger partial charge in [-0.1, -0.05) is 0 Å². The van der Waals surface area contributed by atoms with Crippen LogP contribution in [0.3, 0.4) is 0 Å². The molecule has 0 N–H and O–H groups in total. The number of likely N-dealkylation sites (tertiary alicyclic amines) is 1. The summed E-state index contributed by atoms with van der Waals surface area (Å²) in [5, 5.41) is 16.2. The van der Waals surface area contributed by atoms with Crippen LogP contribution in [0, 0.1) is 0 Å². The van der Waals surface area contributed by atoms with Gasteiger partial charge in [-0.25, -0.2) is 4.68 Å². The maximum atomic E-state index is 4.92. The van der Waals surface area contributed by atoms with Crippen LogP contribution in [0.4, 0.5) is 0 Å². The molecule has 0 aromatic carbocycles. The largest absolute Gasteiger partial charge is 0.299 e. The highest BCUT2D eigenvalue weighted by atomic mass is 15.5. The van der Waals surface area contributed by atoms with Crippen molar-refractivity contribution in [2.75, 3.05) is 33.2 Å². The molecule has 9 heteroatoms. The number of tetrazole rings is 1. The molecule has 3 aliphatic rings. The minimum Gasteiger partial charge on any atom is -0.299 e. The average Bonchev–Trinajstić information content (AvgIpc) is 3.37. The highest BCUT2D eigenvalue weighted by Gasteiger charge is 2.34. The molecule has 2 atom stereocenters. The maximum absolute atomic E-state index is 4.92. The molecule has 0 saturated carbocycles. The number of hydrogen-bond donors (Lipinski definition) is 0. The molecule has 0 spiro atoms. The summed E-state index contributed by atoms with van der Waals surface area (Å²) in [7, 11) is 2.31. The van der Waals surface area contributed by atoms with Gasteiger partial charge in [-0.05, 0) is 49.2 Å². The fourth-order valence-electron chi connectivity index (χ4n) is 5.14. The van der Waals surface area contributed by atoms with Crippen LogP contribution < -0.4 is 0 Å². The fourth-order valence-corrected chi connectivity index (χ4v) is 5.14. The van der Waals surface area contributed by atoms with Crippen molar-refractivity contribution in [3.8, 4) is 0 Å². The summed E-state index contributed by atoms with van der Waals surface area (Å²) >= 11 is 0. The molecule has 2 bridgehead atoms. The lowest BCUT2D eigenvalue weighted by Crippen LogP contribution is -2.36. The highest BCUT2D eigenvalue weighted by molar-refractivity contribution is 5.12. The molecule has 3 aliphatic heterocycles. The monoisotopic (exact) mass is 385 g/mol. The van der Waals surface area contributed by atoms with E-state index in [1.807, 2.05) is 0 Å². The third-order valence-corrected chi connectivity index (χ3v) is 6.80. The number of rotatable bonds is 6. The van der Waals surface area contributed by atoms with E-state index in [9.17, 15) is 0 Å². The SMILES string of the molecule is CN1[C@H]2CC[C@@H]1CN(Cc1cc3n(n1)CCN(CCCn1cnnn1)C3)CC2. The van der Waals surface area contributed by atoms with Gasteiger partial charge in [-0.15, -0.1) is 5.10 Å². The number of aromatic nitrogens is 6. The van der Waals surface area contributed by atoms with Gasteiger partial charge in [0.05, 0.1) is 17.9 Å². The van der Waals surface area contributed by atoms with Crippen LogP contribution in [0.1, 0.15) is 37.1 Å². The van der Waals surface area contributed by atoms with E-state index in [-0.39, 0.29) is 0 Å². The van der Waals surface area contributed by atoms with Gasteiger partial charge < -0.3 is 0 Å². The highest BCUT2D eigenvalue weighted by Crippen LogP contribution is 2.29. The normalized spacial score (nSPS) is 26.5. The quantitative estimate of drug-likeness (QED) is 0.715. The molecule has 5 heterocycles. The second kappa shape index (κ2) is 7.88. The zero-order valence-corrected chi connectivity index (χ0v) is 16.8. The molecule has 152 valence electrons. The summed E-state index contributed by atoms with van der Waals surface area (Å²) in [6.07, 6.45) is 6.80. The van der Waals surface area contributed by atoms with E-state index in [0.29, 0.717) is 0 Å². The minimum absolute atomic E-state index is 0.736. The number of aryl methyl sites for hydroxylation is 1. The third kappa shape index (κ3) is 3.83. The second-order valence-electron chi connectivity index (χ2n) is 8.63. The van der Waals surface area contributed by atoms with E-state index in [0.717, 1.165) is 57.8 Å². The molecule has 0 radical (unpaired) electrons. The summed E-state index contributed by atoms with van der Waals surface area (Å²) in [6.45, 7) is 8.40. The molecule has 2 saturated heterocycles. The van der Waals surface area contributed by atoms with Crippen molar-refractivity contribution < 1.29 is 0 Å². The molecule has 5 rings (SSSR count). The van der Waals surface area contributed by atoms with Crippen LogP contribution in [0.5, 0.6) is 0 Å². The average molecular weight is 386 g/mol. The molecule has 0 amide bonds. The van der Waals surface area contributed by atoms with Gasteiger partial charge in [0, 0.05) is 57.9 Å². The lowest BCUT2D eigenvalue weighted by atomic mass is 10.1. The van der Waals surface area contributed by atoms with Crippen molar-refractivity contribution in [1.82, 2.24) is 44.7 Å². The van der Waals surface area contributed by atoms with Crippen molar-refractivity contribution in [2.45, 2.75) is 63.9 Å². The summed E-state index contributed by atoms with van der Waals surface area (Å²) in [6, 6.07) is 3.87. The van der Waals surface area contributed by atoms with Crippen LogP contribution in [-0.2, 0) is 26.2 Å². The number of likely N-dealkylation sites (N-methyl/N-ethyl adjacent to an activating group) is 1. The predicted molar refractivity (Wildman–Crippen MR) is 104 cm³/mol. The van der Waals surface area contributed by atoms with Crippen LogP contribution in [-0.4, -0.2) is 90.0 Å². The molecule has 9 nitrogen and oxygen atoms in total. The molecule has 0 unspecified atom stereocenters. The van der Waals surface area contributed by atoms with Gasteiger partial charge in [-0.3, -0.25) is 19.4 Å². The van der Waals surface area contributed by atoms with E-state index in [2.05, 4.69) is 48.0 Å². The lowest BCUT2D eigenvalue weighted by Gasteiger charge is -2.27. The minimum atomic E-state index is 0.736. The van der Waals surface area contributed by atoms with Crippen LogP contribution >= 0.6 is 0 Å². The molecule has 0 aliphatic carbocycles. The second-order valence-corrected chi connectivity index (χ2v) is 8.63. The summed E-state index contributed by atoms with van der Waals surface area (Å²) in [5.74, 6) is 0.